The van der Waals surface area contributed by atoms with Gasteiger partial charge in [-0.3, -0.25) is 9.98 Å². The predicted octanol–water partition coefficient (Wildman–Crippen LogP) is 17.3. The number of hydrogen-bond donors (Lipinski definition) is 0. The summed E-state index contributed by atoms with van der Waals surface area (Å²) in [5.41, 5.74) is 27.1. The van der Waals surface area contributed by atoms with Crippen molar-refractivity contribution >= 4 is 62.0 Å². The van der Waals surface area contributed by atoms with Crippen molar-refractivity contribution in [3.63, 3.8) is 0 Å². The topological polar surface area (TPSA) is 78.8 Å². The fourth-order valence-electron chi connectivity index (χ4n) is 11.1. The van der Waals surface area contributed by atoms with Gasteiger partial charge in [0.25, 0.3) is 0 Å². The van der Waals surface area contributed by atoms with E-state index in [2.05, 4.69) is 201 Å². The van der Waals surface area contributed by atoms with Crippen molar-refractivity contribution in [1.29, 1.82) is 0 Å². The number of aromatic nitrogens is 4. The van der Waals surface area contributed by atoms with E-state index in [1.165, 1.54) is 5.57 Å². The standard InChI is InChI=1S/C74H52N6O2/c1-50-15-11-22-56(30-28-50)70-41-52(40-69(78-70)55-20-9-4-10-21-55)49-82-62-32-34-72-63(45-62)65-46-75-37-14-27-71(65)79(72)59-25-12-23-57(42-59)58-24-13-26-60(43-58)80-73-35-31-61(44-64(73)66-47-76-38-36-74(66)80)81-48-51-29-33-67(53-16-5-2-6-17-53)77-68(39-51)54-18-7-3-8-19-54/h2-13,16-28,30-47H,15,48-49H2,1H3. The van der Waals surface area contributed by atoms with Crippen molar-refractivity contribution < 1.29 is 9.47 Å². The first kappa shape index (κ1) is 49.4. The average Bonchev–Trinajstić information content (AvgIpc) is 3.78. The molecular weight excluding hydrogens is 1000 g/mol. The Morgan fingerprint density at radius 1 is 0.561 bits per heavy atom. The minimum absolute atomic E-state index is 0.311. The van der Waals surface area contributed by atoms with Crippen LogP contribution in [-0.2, 0) is 6.61 Å². The van der Waals surface area contributed by atoms with Crippen molar-refractivity contribution in [1.82, 2.24) is 19.1 Å². The van der Waals surface area contributed by atoms with Gasteiger partial charge >= 0.3 is 0 Å². The summed E-state index contributed by atoms with van der Waals surface area (Å²) in [4.78, 5) is 19.4. The number of rotatable bonds is 13. The van der Waals surface area contributed by atoms with E-state index in [-0.39, 0.29) is 0 Å². The number of hydrogen-bond acceptors (Lipinski definition) is 6. The smallest absolute Gasteiger partial charge is 0.120 e. The maximum absolute atomic E-state index is 6.67. The second kappa shape index (κ2) is 21.7. The molecule has 8 nitrogen and oxygen atoms in total. The Hall–Kier alpha value is -10.9. The Labute approximate surface area is 475 Å². The summed E-state index contributed by atoms with van der Waals surface area (Å²) in [6, 6.07) is 67.3. The summed E-state index contributed by atoms with van der Waals surface area (Å²) in [7, 11) is 0. The largest absolute Gasteiger partial charge is 0.489 e. The maximum atomic E-state index is 6.67. The lowest BCUT2D eigenvalue weighted by molar-refractivity contribution is 0.306. The molecule has 0 spiro atoms. The Morgan fingerprint density at radius 2 is 1.22 bits per heavy atom. The van der Waals surface area contributed by atoms with Gasteiger partial charge < -0.3 is 18.6 Å². The van der Waals surface area contributed by atoms with Crippen LogP contribution in [0.3, 0.4) is 0 Å². The van der Waals surface area contributed by atoms with Crippen LogP contribution in [0.15, 0.2) is 282 Å². The number of fused-ring (bicyclic) bond motifs is 6. The summed E-state index contributed by atoms with van der Waals surface area (Å²) in [5.74, 6) is 1.51. The molecule has 0 saturated heterocycles. The van der Waals surface area contributed by atoms with Crippen molar-refractivity contribution in [2.45, 2.75) is 20.0 Å². The highest BCUT2D eigenvalue weighted by molar-refractivity contribution is 6.12. The number of aliphatic imine (C=N–C) groups is 2. The van der Waals surface area contributed by atoms with Gasteiger partial charge in [-0.05, 0) is 121 Å². The fourth-order valence-corrected chi connectivity index (χ4v) is 11.1. The second-order valence-corrected chi connectivity index (χ2v) is 20.5. The Kier molecular flexibility index (Phi) is 13.1. The van der Waals surface area contributed by atoms with Gasteiger partial charge in [-0.15, -0.1) is 5.73 Å². The van der Waals surface area contributed by atoms with Crippen molar-refractivity contribution in [3.8, 4) is 45.3 Å². The third-order valence-corrected chi connectivity index (χ3v) is 15.1. The first-order valence-electron chi connectivity index (χ1n) is 27.5. The van der Waals surface area contributed by atoms with Crippen LogP contribution >= 0.6 is 0 Å². The molecule has 0 atom stereocenters. The van der Waals surface area contributed by atoms with Crippen LogP contribution in [-0.4, -0.2) is 37.6 Å². The van der Waals surface area contributed by atoms with Crippen LogP contribution in [0.5, 0.6) is 11.5 Å². The van der Waals surface area contributed by atoms with Gasteiger partial charge in [0.1, 0.15) is 24.7 Å². The molecule has 4 aromatic heterocycles. The molecule has 11 aromatic rings. The van der Waals surface area contributed by atoms with Gasteiger partial charge in [0.15, 0.2) is 0 Å². The molecule has 82 heavy (non-hydrogen) atoms. The summed E-state index contributed by atoms with van der Waals surface area (Å²) in [6.07, 6.45) is 23.1. The molecule has 0 radical (unpaired) electrons. The van der Waals surface area contributed by atoms with E-state index in [9.17, 15) is 0 Å². The molecule has 0 amide bonds. The summed E-state index contributed by atoms with van der Waals surface area (Å²) in [6.45, 7) is 2.83. The number of pyridine rings is 2. The van der Waals surface area contributed by atoms with Gasteiger partial charge in [0.2, 0.25) is 0 Å². The second-order valence-electron chi connectivity index (χ2n) is 20.5. The van der Waals surface area contributed by atoms with Gasteiger partial charge in [-0.2, -0.15) is 0 Å². The summed E-state index contributed by atoms with van der Waals surface area (Å²) >= 11 is 0. The van der Waals surface area contributed by atoms with Gasteiger partial charge in [-0.1, -0.05) is 151 Å². The van der Waals surface area contributed by atoms with E-state index in [1.54, 1.807) is 6.20 Å². The molecular formula is C74H52N6O2. The molecule has 14 rings (SSSR count). The lowest BCUT2D eigenvalue weighted by Crippen LogP contribution is -2.00. The number of benzene rings is 7. The van der Waals surface area contributed by atoms with Crippen LogP contribution < -0.4 is 9.47 Å². The van der Waals surface area contributed by atoms with Crippen LogP contribution in [0.4, 0.5) is 0 Å². The zero-order valence-electron chi connectivity index (χ0n) is 44.9. The molecule has 390 valence electrons. The van der Waals surface area contributed by atoms with Crippen molar-refractivity contribution in [2.24, 2.45) is 9.98 Å². The highest BCUT2D eigenvalue weighted by Crippen LogP contribution is 2.38. The van der Waals surface area contributed by atoms with E-state index in [4.69, 9.17) is 19.5 Å². The molecule has 0 saturated carbocycles. The van der Waals surface area contributed by atoms with Crippen molar-refractivity contribution in [2.75, 3.05) is 6.61 Å². The normalized spacial score (nSPS) is 13.7. The molecule has 0 N–H and O–H groups in total. The zero-order chi connectivity index (χ0) is 54.8. The Morgan fingerprint density at radius 3 is 1.99 bits per heavy atom. The molecule has 0 fully saturated rings. The van der Waals surface area contributed by atoms with Gasteiger partial charge in [-0.25, -0.2) is 9.98 Å². The van der Waals surface area contributed by atoms with E-state index in [0.717, 1.165) is 141 Å². The van der Waals surface area contributed by atoms with Crippen LogP contribution in [0.1, 0.15) is 47.0 Å². The molecule has 8 heteroatoms. The third-order valence-electron chi connectivity index (χ3n) is 15.1. The minimum atomic E-state index is 0.311. The Bertz CT molecular complexity index is 4670. The van der Waals surface area contributed by atoms with Crippen LogP contribution in [0.2, 0.25) is 0 Å². The van der Waals surface area contributed by atoms with Gasteiger partial charge in [0, 0.05) is 86.1 Å². The summed E-state index contributed by atoms with van der Waals surface area (Å²) in [5, 5.41) is 3.11. The minimum Gasteiger partial charge on any atom is -0.489 e. The highest BCUT2D eigenvalue weighted by atomic mass is 16.5. The lowest BCUT2D eigenvalue weighted by Gasteiger charge is -2.14. The predicted molar refractivity (Wildman–Crippen MR) is 335 cm³/mol. The quantitative estimate of drug-likeness (QED) is 0.108. The van der Waals surface area contributed by atoms with E-state index in [1.807, 2.05) is 91.4 Å². The first-order valence-corrected chi connectivity index (χ1v) is 27.5. The van der Waals surface area contributed by atoms with Crippen LogP contribution in [0.25, 0.3) is 83.8 Å². The number of allylic oxidation sites excluding steroid dienone is 6. The third kappa shape index (κ3) is 9.89. The monoisotopic (exact) mass is 1060 g/mol. The molecule has 2 aliphatic heterocycles. The first-order chi connectivity index (χ1) is 40.5. The average molecular weight is 1060 g/mol. The molecule has 0 bridgehead atoms. The molecule has 6 heterocycles. The number of nitrogens with zero attached hydrogens (tertiary/aromatic N) is 6. The number of ether oxygens (including phenoxy) is 2. The van der Waals surface area contributed by atoms with E-state index < -0.39 is 0 Å². The molecule has 3 aliphatic rings. The van der Waals surface area contributed by atoms with E-state index >= 15 is 0 Å². The summed E-state index contributed by atoms with van der Waals surface area (Å²) < 4.78 is 17.9. The maximum Gasteiger partial charge on any atom is 0.120 e. The van der Waals surface area contributed by atoms with Crippen LogP contribution in [0, 0.1) is 0 Å². The van der Waals surface area contributed by atoms with Gasteiger partial charge in [0.05, 0.1) is 51.2 Å². The van der Waals surface area contributed by atoms with E-state index in [0.29, 0.717) is 13.2 Å². The zero-order valence-corrected chi connectivity index (χ0v) is 44.9. The molecule has 7 aromatic carbocycles. The highest BCUT2D eigenvalue weighted by Gasteiger charge is 2.20. The fraction of sp³-hybridized carbons (Fsp3) is 0.0541. The molecule has 1 aliphatic carbocycles. The lowest BCUT2D eigenvalue weighted by atomic mass is 10.0. The van der Waals surface area contributed by atoms with Crippen molar-refractivity contribution in [3.05, 3.63) is 305 Å². The molecule has 0 unspecified atom stereocenters. The Balaban J connectivity index is 0.760. The SMILES string of the molecule is CC1=CC=C(c2cc(COc3ccc4c(c3)c3c(n4-c4cccc(-c5cccc(-n6c7ccncc7c7cc(OCC8=C=CC(c9ccccc9)=NC(c9ccccc9)=C8)ccc76)c5)c4)C=C=CN=C3)cc(-c3ccccc3)n2)C=CC1.